The van der Waals surface area contributed by atoms with Gasteiger partial charge in [0, 0.05) is 18.4 Å². The number of allylic oxidation sites excluding steroid dienone is 1. The minimum Gasteiger partial charge on any atom is -0.307 e. The highest BCUT2D eigenvalue weighted by molar-refractivity contribution is 6.04. The van der Waals surface area contributed by atoms with E-state index >= 15 is 0 Å². The van der Waals surface area contributed by atoms with Gasteiger partial charge in [-0.2, -0.15) is 0 Å². The second-order valence-corrected chi connectivity index (χ2v) is 5.87. The van der Waals surface area contributed by atoms with Crippen LogP contribution in [0.2, 0.25) is 0 Å². The molecule has 3 heteroatoms. The van der Waals surface area contributed by atoms with E-state index in [1.807, 2.05) is 47.4 Å². The van der Waals surface area contributed by atoms with Gasteiger partial charge in [-0.15, -0.1) is 0 Å². The van der Waals surface area contributed by atoms with Crippen LogP contribution in [-0.4, -0.2) is 17.4 Å². The summed E-state index contributed by atoms with van der Waals surface area (Å²) in [5.41, 5.74) is 2.90. The normalized spacial score (nSPS) is 14.2. The Morgan fingerprint density at radius 1 is 1.04 bits per heavy atom. The summed E-state index contributed by atoms with van der Waals surface area (Å²) in [4.78, 5) is 18.9. The molecule has 1 aromatic heterocycles. The van der Waals surface area contributed by atoms with E-state index < -0.39 is 0 Å². The zero-order chi connectivity index (χ0) is 15.9. The van der Waals surface area contributed by atoms with Crippen molar-refractivity contribution >= 4 is 11.6 Å². The SMILES string of the molecule is O=C(c1ccccn1)N(CCC1=CCCCC1)c1ccccc1. The van der Waals surface area contributed by atoms with Crippen molar-refractivity contribution in [1.82, 2.24) is 4.98 Å². The lowest BCUT2D eigenvalue weighted by Gasteiger charge is -2.24. The highest BCUT2D eigenvalue weighted by atomic mass is 16.2. The number of hydrogen-bond donors (Lipinski definition) is 0. The first-order valence-electron chi connectivity index (χ1n) is 8.30. The molecule has 0 saturated carbocycles. The van der Waals surface area contributed by atoms with E-state index in [-0.39, 0.29) is 5.91 Å². The average Bonchev–Trinajstić information content (AvgIpc) is 2.64. The van der Waals surface area contributed by atoms with Crippen LogP contribution in [0.3, 0.4) is 0 Å². The van der Waals surface area contributed by atoms with Gasteiger partial charge in [0.05, 0.1) is 0 Å². The number of nitrogens with zero attached hydrogens (tertiary/aromatic N) is 2. The van der Waals surface area contributed by atoms with Gasteiger partial charge in [0.25, 0.3) is 5.91 Å². The average molecular weight is 306 g/mol. The third-order valence-corrected chi connectivity index (χ3v) is 4.24. The minimum atomic E-state index is -0.0341. The van der Waals surface area contributed by atoms with E-state index in [1.54, 1.807) is 12.3 Å². The van der Waals surface area contributed by atoms with Crippen LogP contribution in [-0.2, 0) is 0 Å². The smallest absolute Gasteiger partial charge is 0.276 e. The molecule has 1 aliphatic rings. The third-order valence-electron chi connectivity index (χ3n) is 4.24. The molecule has 0 atom stereocenters. The summed E-state index contributed by atoms with van der Waals surface area (Å²) in [7, 11) is 0. The van der Waals surface area contributed by atoms with Gasteiger partial charge < -0.3 is 4.90 Å². The summed E-state index contributed by atoms with van der Waals surface area (Å²) in [6.07, 6.45) is 9.85. The quantitative estimate of drug-likeness (QED) is 0.755. The van der Waals surface area contributed by atoms with Crippen LogP contribution in [0.1, 0.15) is 42.6 Å². The van der Waals surface area contributed by atoms with Crippen molar-refractivity contribution in [3.8, 4) is 0 Å². The molecule has 1 amide bonds. The summed E-state index contributed by atoms with van der Waals surface area (Å²) in [5, 5.41) is 0. The van der Waals surface area contributed by atoms with Crippen LogP contribution < -0.4 is 4.90 Å². The Labute approximate surface area is 137 Å². The molecule has 0 aliphatic heterocycles. The van der Waals surface area contributed by atoms with Crippen LogP contribution in [0, 0.1) is 0 Å². The van der Waals surface area contributed by atoms with Crippen molar-refractivity contribution in [1.29, 1.82) is 0 Å². The van der Waals surface area contributed by atoms with Gasteiger partial charge in [-0.3, -0.25) is 9.78 Å². The van der Waals surface area contributed by atoms with E-state index in [0.717, 1.165) is 12.1 Å². The molecule has 118 valence electrons. The number of aromatic nitrogens is 1. The largest absolute Gasteiger partial charge is 0.307 e. The van der Waals surface area contributed by atoms with Crippen LogP contribution in [0.5, 0.6) is 0 Å². The van der Waals surface area contributed by atoms with Gasteiger partial charge in [0.15, 0.2) is 0 Å². The maximum atomic E-state index is 12.9. The number of carbonyl (C=O) groups excluding carboxylic acids is 1. The molecule has 1 aliphatic carbocycles. The number of benzene rings is 1. The highest BCUT2D eigenvalue weighted by Gasteiger charge is 2.19. The standard InChI is InChI=1S/C20H22N2O/c23-20(19-13-7-8-15-21-19)22(18-11-5-2-6-12-18)16-14-17-9-3-1-4-10-17/h2,5-9,11-13,15H,1,3-4,10,14,16H2. The van der Waals surface area contributed by atoms with Crippen molar-refractivity contribution in [2.24, 2.45) is 0 Å². The zero-order valence-corrected chi connectivity index (χ0v) is 13.3. The topological polar surface area (TPSA) is 33.2 Å². The highest BCUT2D eigenvalue weighted by Crippen LogP contribution is 2.23. The number of carbonyl (C=O) groups is 1. The van der Waals surface area contributed by atoms with Gasteiger partial charge in [-0.05, 0) is 56.4 Å². The van der Waals surface area contributed by atoms with Gasteiger partial charge in [0.2, 0.25) is 0 Å². The molecule has 0 bridgehead atoms. The Bertz CT molecular complexity index is 665. The fraction of sp³-hybridized carbons (Fsp3) is 0.300. The summed E-state index contributed by atoms with van der Waals surface area (Å²) < 4.78 is 0. The molecule has 23 heavy (non-hydrogen) atoms. The predicted molar refractivity (Wildman–Crippen MR) is 93.5 cm³/mol. The van der Waals surface area contributed by atoms with Crippen molar-refractivity contribution < 1.29 is 4.79 Å². The Morgan fingerprint density at radius 3 is 2.57 bits per heavy atom. The number of anilines is 1. The Morgan fingerprint density at radius 2 is 1.87 bits per heavy atom. The van der Waals surface area contributed by atoms with E-state index in [2.05, 4.69) is 11.1 Å². The first-order valence-corrected chi connectivity index (χ1v) is 8.30. The van der Waals surface area contributed by atoms with E-state index in [1.165, 1.54) is 31.3 Å². The van der Waals surface area contributed by atoms with Gasteiger partial charge in [-0.25, -0.2) is 0 Å². The number of pyridine rings is 1. The van der Waals surface area contributed by atoms with E-state index in [0.29, 0.717) is 12.2 Å². The maximum absolute atomic E-state index is 12.9. The second-order valence-electron chi connectivity index (χ2n) is 5.87. The molecule has 0 fully saturated rings. The third kappa shape index (κ3) is 4.07. The van der Waals surface area contributed by atoms with Gasteiger partial charge in [0.1, 0.15) is 5.69 Å². The second kappa shape index (κ2) is 7.73. The number of para-hydroxylation sites is 1. The lowest BCUT2D eigenvalue weighted by atomic mass is 9.97. The Hall–Kier alpha value is -2.42. The molecule has 0 spiro atoms. The molecule has 2 aromatic rings. The summed E-state index contributed by atoms with van der Waals surface area (Å²) >= 11 is 0. The lowest BCUT2D eigenvalue weighted by molar-refractivity contribution is 0.0982. The minimum absolute atomic E-state index is 0.0341. The van der Waals surface area contributed by atoms with E-state index in [9.17, 15) is 4.79 Å². The van der Waals surface area contributed by atoms with Gasteiger partial charge >= 0.3 is 0 Å². The van der Waals surface area contributed by atoms with Crippen LogP contribution in [0.25, 0.3) is 0 Å². The first-order chi connectivity index (χ1) is 11.3. The molecule has 3 nitrogen and oxygen atoms in total. The molecule has 0 unspecified atom stereocenters. The van der Waals surface area contributed by atoms with Crippen molar-refractivity contribution in [3.05, 3.63) is 72.1 Å². The number of hydrogen-bond acceptors (Lipinski definition) is 2. The monoisotopic (exact) mass is 306 g/mol. The van der Waals surface area contributed by atoms with Crippen LogP contribution >= 0.6 is 0 Å². The summed E-state index contributed by atoms with van der Waals surface area (Å²) in [6.45, 7) is 0.700. The summed E-state index contributed by atoms with van der Waals surface area (Å²) in [5.74, 6) is -0.0341. The van der Waals surface area contributed by atoms with Gasteiger partial charge in [-0.1, -0.05) is 35.9 Å². The predicted octanol–water partition coefficient (Wildman–Crippen LogP) is 4.62. The van der Waals surface area contributed by atoms with Crippen LogP contribution in [0.4, 0.5) is 5.69 Å². The van der Waals surface area contributed by atoms with Crippen molar-refractivity contribution in [2.45, 2.75) is 32.1 Å². The Kier molecular flexibility index (Phi) is 5.20. The molecule has 0 saturated heterocycles. The Balaban J connectivity index is 1.79. The maximum Gasteiger partial charge on any atom is 0.276 e. The number of amides is 1. The molecule has 1 heterocycles. The number of rotatable bonds is 5. The molecule has 3 rings (SSSR count). The molecule has 0 radical (unpaired) electrons. The fourth-order valence-electron chi connectivity index (χ4n) is 2.97. The molecular weight excluding hydrogens is 284 g/mol. The van der Waals surface area contributed by atoms with Crippen molar-refractivity contribution in [2.75, 3.05) is 11.4 Å². The molecule has 1 aromatic carbocycles. The lowest BCUT2D eigenvalue weighted by Crippen LogP contribution is -2.32. The summed E-state index contributed by atoms with van der Waals surface area (Å²) in [6, 6.07) is 15.3. The van der Waals surface area contributed by atoms with E-state index in [4.69, 9.17) is 0 Å². The fourth-order valence-corrected chi connectivity index (χ4v) is 2.97. The first kappa shape index (κ1) is 15.5. The van der Waals surface area contributed by atoms with Crippen LogP contribution in [0.15, 0.2) is 66.4 Å². The molecule has 0 N–H and O–H groups in total. The van der Waals surface area contributed by atoms with Crippen molar-refractivity contribution in [3.63, 3.8) is 0 Å². The molecular formula is C20H22N2O. The zero-order valence-electron chi connectivity index (χ0n) is 13.3.